The molecule has 1 aromatic heterocycles. The second-order valence-electron chi connectivity index (χ2n) is 4.91. The third kappa shape index (κ3) is 2.52. The van der Waals surface area contributed by atoms with Crippen molar-refractivity contribution in [2.24, 2.45) is 5.92 Å². The van der Waals surface area contributed by atoms with Crippen molar-refractivity contribution in [2.75, 3.05) is 31.8 Å². The topological polar surface area (TPSA) is 25.4 Å². The molecule has 0 spiro atoms. The maximum Gasteiger partial charge on any atom is 0.186 e. The van der Waals surface area contributed by atoms with Crippen molar-refractivity contribution < 1.29 is 9.13 Å². The van der Waals surface area contributed by atoms with Gasteiger partial charge in [-0.1, -0.05) is 11.3 Å². The van der Waals surface area contributed by atoms with Gasteiger partial charge < -0.3 is 9.64 Å². The van der Waals surface area contributed by atoms with Gasteiger partial charge in [-0.05, 0) is 30.9 Å². The first-order valence-electron chi connectivity index (χ1n) is 6.55. The molecule has 1 aliphatic rings. The van der Waals surface area contributed by atoms with E-state index < -0.39 is 0 Å². The molecular weight excluding hydrogens is 263 g/mol. The molecule has 0 radical (unpaired) electrons. The van der Waals surface area contributed by atoms with Crippen LogP contribution in [-0.2, 0) is 0 Å². The van der Waals surface area contributed by atoms with Crippen molar-refractivity contribution in [1.29, 1.82) is 0 Å². The van der Waals surface area contributed by atoms with Gasteiger partial charge in [0, 0.05) is 19.2 Å². The molecule has 0 unspecified atom stereocenters. The van der Waals surface area contributed by atoms with Gasteiger partial charge >= 0.3 is 0 Å². The number of nitrogens with zero attached hydrogens (tertiary/aromatic N) is 2. The van der Waals surface area contributed by atoms with E-state index in [9.17, 15) is 4.39 Å². The zero-order chi connectivity index (χ0) is 13.2. The number of ether oxygens (including phenoxy) is 1. The summed E-state index contributed by atoms with van der Waals surface area (Å²) >= 11 is 1.70. The number of aromatic nitrogens is 1. The number of fused-ring (bicyclic) bond motifs is 1. The van der Waals surface area contributed by atoms with Gasteiger partial charge in [0.15, 0.2) is 5.13 Å². The molecule has 0 bridgehead atoms. The Kier molecular flexibility index (Phi) is 3.55. The summed E-state index contributed by atoms with van der Waals surface area (Å²) in [6.07, 6.45) is 1.85. The summed E-state index contributed by atoms with van der Waals surface area (Å²) in [7, 11) is 1.66. The minimum atomic E-state index is -0.190. The first kappa shape index (κ1) is 12.7. The summed E-state index contributed by atoms with van der Waals surface area (Å²) in [5, 5.41) is 1.04. The van der Waals surface area contributed by atoms with Gasteiger partial charge in [0.2, 0.25) is 0 Å². The summed E-state index contributed by atoms with van der Waals surface area (Å²) in [4.78, 5) is 6.93. The standard InChI is InChI=1S/C14H17FN2OS/c1-18-11-2-3-13-12(8-11)16-14(19-13)17-6-4-10(9-15)5-7-17/h2-3,8,10H,4-7,9H2,1H3. The number of alkyl halides is 1. The lowest BCUT2D eigenvalue weighted by Gasteiger charge is -2.30. The molecule has 0 saturated carbocycles. The molecule has 0 aliphatic carbocycles. The maximum absolute atomic E-state index is 12.6. The van der Waals surface area contributed by atoms with Crippen LogP contribution >= 0.6 is 11.3 Å². The van der Waals surface area contributed by atoms with Crippen LogP contribution < -0.4 is 9.64 Å². The lowest BCUT2D eigenvalue weighted by Crippen LogP contribution is -2.34. The maximum atomic E-state index is 12.6. The van der Waals surface area contributed by atoms with E-state index in [4.69, 9.17) is 4.74 Å². The van der Waals surface area contributed by atoms with Crippen molar-refractivity contribution in [3.63, 3.8) is 0 Å². The number of hydrogen-bond acceptors (Lipinski definition) is 4. The fourth-order valence-electron chi connectivity index (χ4n) is 2.44. The van der Waals surface area contributed by atoms with E-state index in [1.54, 1.807) is 18.4 Å². The van der Waals surface area contributed by atoms with Gasteiger partial charge in [-0.3, -0.25) is 4.39 Å². The number of benzene rings is 1. The Bertz CT molecular complexity index is 564. The Morgan fingerprint density at radius 2 is 2.21 bits per heavy atom. The molecule has 0 amide bonds. The Labute approximate surface area is 116 Å². The second kappa shape index (κ2) is 5.33. The molecule has 1 fully saturated rings. The molecule has 3 nitrogen and oxygen atoms in total. The number of piperidine rings is 1. The van der Waals surface area contributed by atoms with Crippen molar-refractivity contribution in [1.82, 2.24) is 4.98 Å². The smallest absolute Gasteiger partial charge is 0.186 e. The van der Waals surface area contributed by atoms with Crippen LogP contribution in [-0.4, -0.2) is 31.9 Å². The van der Waals surface area contributed by atoms with E-state index in [1.165, 1.54) is 4.70 Å². The van der Waals surface area contributed by atoms with Crippen LogP contribution in [0.2, 0.25) is 0 Å². The fraction of sp³-hybridized carbons (Fsp3) is 0.500. The predicted molar refractivity (Wildman–Crippen MR) is 77.1 cm³/mol. The van der Waals surface area contributed by atoms with Crippen LogP contribution in [0.5, 0.6) is 5.75 Å². The summed E-state index contributed by atoms with van der Waals surface area (Å²) in [6.45, 7) is 1.63. The molecule has 19 heavy (non-hydrogen) atoms. The predicted octanol–water partition coefficient (Wildman–Crippen LogP) is 3.49. The number of methoxy groups -OCH3 is 1. The van der Waals surface area contributed by atoms with Crippen molar-refractivity contribution in [3.8, 4) is 5.75 Å². The molecule has 0 N–H and O–H groups in total. The van der Waals surface area contributed by atoms with Gasteiger partial charge in [-0.25, -0.2) is 4.98 Å². The Hall–Kier alpha value is -1.36. The fourth-order valence-corrected chi connectivity index (χ4v) is 3.43. The normalized spacial score (nSPS) is 17.1. The van der Waals surface area contributed by atoms with Gasteiger partial charge in [0.25, 0.3) is 0 Å². The number of halogens is 1. The molecule has 1 aromatic carbocycles. The first-order valence-corrected chi connectivity index (χ1v) is 7.37. The lowest BCUT2D eigenvalue weighted by atomic mass is 9.99. The van der Waals surface area contributed by atoms with Crippen molar-refractivity contribution in [2.45, 2.75) is 12.8 Å². The summed E-state index contributed by atoms with van der Waals surface area (Å²) in [6, 6.07) is 5.97. The molecule has 3 rings (SSSR count). The monoisotopic (exact) mass is 280 g/mol. The summed E-state index contributed by atoms with van der Waals surface area (Å²) < 4.78 is 19.0. The number of thiazole rings is 1. The first-order chi connectivity index (χ1) is 9.30. The zero-order valence-corrected chi connectivity index (χ0v) is 11.8. The third-order valence-electron chi connectivity index (χ3n) is 3.69. The highest BCUT2D eigenvalue weighted by atomic mass is 32.1. The Morgan fingerprint density at radius 3 is 2.89 bits per heavy atom. The third-order valence-corrected chi connectivity index (χ3v) is 4.78. The molecular formula is C14H17FN2OS. The van der Waals surface area contributed by atoms with Crippen molar-refractivity contribution in [3.05, 3.63) is 18.2 Å². The van der Waals surface area contributed by atoms with Gasteiger partial charge in [-0.15, -0.1) is 0 Å². The van der Waals surface area contributed by atoms with E-state index >= 15 is 0 Å². The largest absolute Gasteiger partial charge is 0.497 e. The summed E-state index contributed by atoms with van der Waals surface area (Å²) in [5.41, 5.74) is 0.979. The molecule has 2 heterocycles. The number of rotatable bonds is 3. The highest BCUT2D eigenvalue weighted by Gasteiger charge is 2.21. The van der Waals surface area contributed by atoms with E-state index in [-0.39, 0.29) is 12.6 Å². The Morgan fingerprint density at radius 1 is 1.42 bits per heavy atom. The quantitative estimate of drug-likeness (QED) is 0.860. The zero-order valence-electron chi connectivity index (χ0n) is 10.9. The van der Waals surface area contributed by atoms with E-state index in [0.717, 1.165) is 42.3 Å². The molecule has 102 valence electrons. The minimum Gasteiger partial charge on any atom is -0.497 e. The number of hydrogen-bond donors (Lipinski definition) is 0. The van der Waals surface area contributed by atoms with Gasteiger partial charge in [0.05, 0.1) is 24.0 Å². The van der Waals surface area contributed by atoms with Crippen LogP contribution in [0.15, 0.2) is 18.2 Å². The van der Waals surface area contributed by atoms with E-state index in [0.29, 0.717) is 0 Å². The molecule has 5 heteroatoms. The van der Waals surface area contributed by atoms with Crippen LogP contribution in [0.4, 0.5) is 9.52 Å². The molecule has 2 aromatic rings. The highest BCUT2D eigenvalue weighted by Crippen LogP contribution is 2.33. The molecule has 0 atom stereocenters. The van der Waals surface area contributed by atoms with Crippen LogP contribution in [0.1, 0.15) is 12.8 Å². The van der Waals surface area contributed by atoms with E-state index in [2.05, 4.69) is 9.88 Å². The average Bonchev–Trinajstić information content (AvgIpc) is 2.90. The highest BCUT2D eigenvalue weighted by molar-refractivity contribution is 7.22. The van der Waals surface area contributed by atoms with Crippen LogP contribution in [0.25, 0.3) is 10.2 Å². The number of anilines is 1. The SMILES string of the molecule is COc1ccc2sc(N3CCC(CF)CC3)nc2c1. The summed E-state index contributed by atoms with van der Waals surface area (Å²) in [5.74, 6) is 1.08. The van der Waals surface area contributed by atoms with Crippen LogP contribution in [0.3, 0.4) is 0 Å². The Balaban J connectivity index is 1.81. The van der Waals surface area contributed by atoms with Gasteiger partial charge in [0.1, 0.15) is 5.75 Å². The second-order valence-corrected chi connectivity index (χ2v) is 5.92. The molecule has 1 aliphatic heterocycles. The van der Waals surface area contributed by atoms with Gasteiger partial charge in [-0.2, -0.15) is 0 Å². The van der Waals surface area contributed by atoms with Crippen molar-refractivity contribution >= 4 is 26.7 Å². The minimum absolute atomic E-state index is 0.190. The average molecular weight is 280 g/mol. The van der Waals surface area contributed by atoms with E-state index in [1.807, 2.05) is 18.2 Å². The lowest BCUT2D eigenvalue weighted by molar-refractivity contribution is 0.307. The van der Waals surface area contributed by atoms with Crippen LogP contribution in [0, 0.1) is 5.92 Å². The molecule has 1 saturated heterocycles.